The average molecular weight is 909 g/mol. The lowest BCUT2D eigenvalue weighted by molar-refractivity contribution is -0.177. The topological polar surface area (TPSA) is 198 Å². The Kier molecular flexibility index (Phi) is 13.9. The SMILES string of the molecule is C=C(C)C(=O)COC(=O)c1ccc(-c2ccc(C(=O)OCC(=O)C(=C)C)c(C(=O)Nc3ccc(C(=O)OC45CC6CC(CC(COC(=O)c7ccc(C)cc7)(C6)C4)C5)cc3)c2)cc1C(=O)NC. The second kappa shape index (κ2) is 19.5. The summed E-state index contributed by atoms with van der Waals surface area (Å²) in [5.41, 5.74) is 1.69. The molecule has 0 aliphatic heterocycles. The van der Waals surface area contributed by atoms with Crippen molar-refractivity contribution in [3.63, 3.8) is 0 Å². The van der Waals surface area contributed by atoms with Crippen molar-refractivity contribution < 1.29 is 57.3 Å². The van der Waals surface area contributed by atoms with Gasteiger partial charge in [-0.1, -0.05) is 43.0 Å². The molecule has 4 aliphatic carbocycles. The van der Waals surface area contributed by atoms with Crippen molar-refractivity contribution in [2.24, 2.45) is 17.3 Å². The molecule has 2 amide bonds. The van der Waals surface area contributed by atoms with Crippen LogP contribution in [0.1, 0.15) is 120 Å². The number of rotatable bonds is 17. The van der Waals surface area contributed by atoms with E-state index in [1.165, 1.54) is 81.6 Å². The molecule has 0 heterocycles. The summed E-state index contributed by atoms with van der Waals surface area (Å²) in [4.78, 5) is 105. The summed E-state index contributed by atoms with van der Waals surface area (Å²) in [5, 5.41) is 5.24. The van der Waals surface area contributed by atoms with E-state index in [-0.39, 0.29) is 62.6 Å². The van der Waals surface area contributed by atoms with Gasteiger partial charge in [0.15, 0.2) is 24.8 Å². The van der Waals surface area contributed by atoms with Gasteiger partial charge in [-0.2, -0.15) is 0 Å². The van der Waals surface area contributed by atoms with Gasteiger partial charge in [-0.05, 0) is 154 Å². The van der Waals surface area contributed by atoms with Crippen molar-refractivity contribution >= 4 is 52.9 Å². The summed E-state index contributed by atoms with van der Waals surface area (Å²) in [6, 6.07) is 21.9. The van der Waals surface area contributed by atoms with E-state index >= 15 is 0 Å². The van der Waals surface area contributed by atoms with Crippen molar-refractivity contribution in [1.29, 1.82) is 0 Å². The number of hydrogen-bond acceptors (Lipinski definition) is 12. The van der Waals surface area contributed by atoms with E-state index in [1.54, 1.807) is 12.1 Å². The van der Waals surface area contributed by atoms with Gasteiger partial charge in [0.05, 0.1) is 40.0 Å². The van der Waals surface area contributed by atoms with Gasteiger partial charge in [0.25, 0.3) is 11.8 Å². The molecule has 4 aliphatic rings. The van der Waals surface area contributed by atoms with E-state index < -0.39 is 60.1 Å². The molecule has 4 bridgehead atoms. The maximum absolute atomic E-state index is 14.1. The standard InChI is InChI=1S/C53H52N2O12/c1-30(2)44(56)26-64-50(62)40-17-13-37(20-42(40)46(58)54-6)38-14-18-41(51(63)65-27-45(57)31(3)4)43(21-38)47(59)55-39-15-11-36(12-16-39)49(61)67-53-24-33-19-34(25-53)23-52(22-33,28-53)29-66-48(60)35-9-7-32(5)8-10-35/h7-18,20-21,33-34H,1,3,19,22-29H2,2,4-6H3,(H,54,58)(H,55,59). The highest BCUT2D eigenvalue weighted by Crippen LogP contribution is 2.63. The zero-order valence-electron chi connectivity index (χ0n) is 37.9. The van der Waals surface area contributed by atoms with Crippen molar-refractivity contribution in [3.8, 4) is 11.1 Å². The number of benzene rings is 4. The van der Waals surface area contributed by atoms with Gasteiger partial charge >= 0.3 is 23.9 Å². The van der Waals surface area contributed by atoms with Crippen LogP contribution < -0.4 is 10.6 Å². The number of Topliss-reactive ketones (excluding diaryl/α,β-unsaturated/α-hetero) is 2. The van der Waals surface area contributed by atoms with Gasteiger partial charge in [-0.3, -0.25) is 19.2 Å². The number of nitrogens with one attached hydrogen (secondary N) is 2. The van der Waals surface area contributed by atoms with Gasteiger partial charge in [0.1, 0.15) is 5.60 Å². The van der Waals surface area contributed by atoms with E-state index in [1.807, 2.05) is 19.1 Å². The largest absolute Gasteiger partial charge is 0.462 e. The summed E-state index contributed by atoms with van der Waals surface area (Å²) in [5.74, 6) is -4.44. The molecule has 4 aromatic rings. The first-order chi connectivity index (χ1) is 31.9. The van der Waals surface area contributed by atoms with Crippen LogP contribution in [0.2, 0.25) is 0 Å². The lowest BCUT2D eigenvalue weighted by Crippen LogP contribution is -2.58. The fourth-order valence-corrected chi connectivity index (χ4v) is 9.77. The Morgan fingerprint density at radius 3 is 1.60 bits per heavy atom. The number of amides is 2. The van der Waals surface area contributed by atoms with Gasteiger partial charge < -0.3 is 29.6 Å². The Balaban J connectivity index is 1.08. The molecule has 14 nitrogen and oxygen atoms in total. The molecule has 0 radical (unpaired) electrons. The molecule has 2 unspecified atom stereocenters. The fourth-order valence-electron chi connectivity index (χ4n) is 9.77. The van der Waals surface area contributed by atoms with Crippen molar-refractivity contribution in [1.82, 2.24) is 5.32 Å². The van der Waals surface area contributed by atoms with Crippen LogP contribution in [0.5, 0.6) is 0 Å². The van der Waals surface area contributed by atoms with Crippen molar-refractivity contribution in [2.45, 2.75) is 64.9 Å². The summed E-state index contributed by atoms with van der Waals surface area (Å²) in [7, 11) is 1.38. The minimum absolute atomic E-state index is 0.0822. The Morgan fingerprint density at radius 1 is 0.597 bits per heavy atom. The molecule has 4 aromatic carbocycles. The predicted molar refractivity (Wildman–Crippen MR) is 247 cm³/mol. The molecule has 14 heteroatoms. The summed E-state index contributed by atoms with van der Waals surface area (Å²) < 4.78 is 22.7. The van der Waals surface area contributed by atoms with E-state index in [0.717, 1.165) is 37.7 Å². The Bertz CT molecular complexity index is 2700. The number of aryl methyl sites for hydroxylation is 1. The van der Waals surface area contributed by atoms with E-state index in [4.69, 9.17) is 18.9 Å². The van der Waals surface area contributed by atoms with Crippen molar-refractivity contribution in [3.05, 3.63) is 148 Å². The Labute approximate surface area is 388 Å². The maximum atomic E-state index is 14.1. The van der Waals surface area contributed by atoms with E-state index in [0.29, 0.717) is 34.9 Å². The van der Waals surface area contributed by atoms with Crippen molar-refractivity contribution in [2.75, 3.05) is 32.2 Å². The zero-order valence-corrected chi connectivity index (χ0v) is 37.9. The average Bonchev–Trinajstić information content (AvgIpc) is 3.30. The molecule has 8 rings (SSSR count). The van der Waals surface area contributed by atoms with Gasteiger partial charge in [0, 0.05) is 18.2 Å². The minimum Gasteiger partial charge on any atom is -0.462 e. The third-order valence-corrected chi connectivity index (χ3v) is 12.8. The molecule has 0 spiro atoms. The van der Waals surface area contributed by atoms with Crippen LogP contribution in [0.15, 0.2) is 109 Å². The summed E-state index contributed by atoms with van der Waals surface area (Å²) >= 11 is 0. The van der Waals surface area contributed by atoms with Gasteiger partial charge in [-0.15, -0.1) is 0 Å². The first kappa shape index (κ1) is 47.5. The van der Waals surface area contributed by atoms with Crippen LogP contribution in [-0.4, -0.2) is 79.7 Å². The van der Waals surface area contributed by atoms with E-state index in [2.05, 4.69) is 23.8 Å². The lowest BCUT2D eigenvalue weighted by atomic mass is 9.48. The van der Waals surface area contributed by atoms with Crippen LogP contribution >= 0.6 is 0 Å². The Hall–Kier alpha value is -7.48. The number of hydrogen-bond donors (Lipinski definition) is 2. The monoisotopic (exact) mass is 908 g/mol. The number of esters is 4. The number of ether oxygens (including phenoxy) is 4. The molecule has 0 saturated heterocycles. The third-order valence-electron chi connectivity index (χ3n) is 12.8. The number of carbonyl (C=O) groups excluding carboxylic acids is 8. The van der Waals surface area contributed by atoms with Crippen LogP contribution in [0.25, 0.3) is 11.1 Å². The molecular weight excluding hydrogens is 857 g/mol. The summed E-state index contributed by atoms with van der Waals surface area (Å²) in [6.07, 6.45) is 4.95. The maximum Gasteiger partial charge on any atom is 0.339 e. The number of carbonyl (C=O) groups is 8. The second-order valence-corrected chi connectivity index (χ2v) is 18.2. The van der Waals surface area contributed by atoms with Gasteiger partial charge in [0.2, 0.25) is 0 Å². The number of anilines is 1. The quantitative estimate of drug-likeness (QED) is 0.0586. The van der Waals surface area contributed by atoms with Gasteiger partial charge in [-0.25, -0.2) is 19.2 Å². The lowest BCUT2D eigenvalue weighted by Gasteiger charge is -2.60. The highest BCUT2D eigenvalue weighted by atomic mass is 16.6. The molecule has 67 heavy (non-hydrogen) atoms. The summed E-state index contributed by atoms with van der Waals surface area (Å²) in [6.45, 7) is 11.1. The molecule has 4 fully saturated rings. The normalized spacial score (nSPS) is 19.9. The van der Waals surface area contributed by atoms with Crippen LogP contribution in [-0.2, 0) is 28.5 Å². The zero-order chi connectivity index (χ0) is 48.2. The van der Waals surface area contributed by atoms with Crippen LogP contribution in [0.3, 0.4) is 0 Å². The third kappa shape index (κ3) is 10.8. The first-order valence-corrected chi connectivity index (χ1v) is 22.0. The minimum atomic E-state index is -0.964. The van der Waals surface area contributed by atoms with Crippen LogP contribution in [0, 0.1) is 24.2 Å². The molecule has 346 valence electrons. The second-order valence-electron chi connectivity index (χ2n) is 18.2. The molecular formula is C53H52N2O12. The molecule has 4 saturated carbocycles. The predicted octanol–water partition coefficient (Wildman–Crippen LogP) is 8.23. The Morgan fingerprint density at radius 2 is 1.09 bits per heavy atom. The first-order valence-electron chi connectivity index (χ1n) is 22.0. The highest BCUT2D eigenvalue weighted by Gasteiger charge is 2.60. The smallest absolute Gasteiger partial charge is 0.339 e. The van der Waals surface area contributed by atoms with E-state index in [9.17, 15) is 38.4 Å². The highest BCUT2D eigenvalue weighted by molar-refractivity contribution is 6.12. The van der Waals surface area contributed by atoms with Crippen LogP contribution in [0.4, 0.5) is 5.69 Å². The molecule has 0 aromatic heterocycles. The molecule has 2 atom stereocenters. The number of ketones is 2. The molecule has 2 N–H and O–H groups in total. The fraction of sp³-hybridized carbons (Fsp3) is 0.321.